The Morgan fingerprint density at radius 3 is 2.69 bits per heavy atom. The number of amides is 1. The van der Waals surface area contributed by atoms with Gasteiger partial charge in [0.2, 0.25) is 0 Å². The fourth-order valence-electron chi connectivity index (χ4n) is 4.40. The Hall–Kier alpha value is -3.49. The van der Waals surface area contributed by atoms with Crippen LogP contribution in [0.3, 0.4) is 0 Å². The summed E-state index contributed by atoms with van der Waals surface area (Å²) < 4.78 is 50.9. The first-order chi connectivity index (χ1) is 17.2. The number of rotatable bonds is 6. The second-order valence-corrected chi connectivity index (χ2v) is 8.59. The SMILES string of the molecule is O=C(Nc1ccc(-c2nc(N3CC4C[C@@H](O)C(C3)O4)c3cnn(CC(F)(F)F)c3n2)cc1)OCCO. The number of fused-ring (bicyclic) bond motifs is 3. The zero-order chi connectivity index (χ0) is 25.4. The Kier molecular flexibility index (Phi) is 6.40. The van der Waals surface area contributed by atoms with Crippen molar-refractivity contribution in [3.63, 3.8) is 0 Å². The number of morpholine rings is 1. The molecule has 192 valence electrons. The number of carbonyl (C=O) groups is 1. The van der Waals surface area contributed by atoms with Crippen LogP contribution in [-0.4, -0.2) is 86.8 Å². The average Bonchev–Trinajstić information content (AvgIpc) is 3.34. The highest BCUT2D eigenvalue weighted by Crippen LogP contribution is 2.34. The van der Waals surface area contributed by atoms with E-state index in [4.69, 9.17) is 14.6 Å². The minimum Gasteiger partial charge on any atom is -0.447 e. The van der Waals surface area contributed by atoms with Gasteiger partial charge in [-0.1, -0.05) is 0 Å². The molecule has 0 aliphatic carbocycles. The van der Waals surface area contributed by atoms with E-state index in [1.807, 2.05) is 4.90 Å². The third-order valence-corrected chi connectivity index (χ3v) is 5.94. The maximum Gasteiger partial charge on any atom is 0.411 e. The number of carbonyl (C=O) groups excluding carboxylic acids is 1. The highest BCUT2D eigenvalue weighted by atomic mass is 19.4. The van der Waals surface area contributed by atoms with Gasteiger partial charge in [-0.3, -0.25) is 5.32 Å². The van der Waals surface area contributed by atoms with Crippen LogP contribution in [0.4, 0.5) is 29.5 Å². The van der Waals surface area contributed by atoms with Gasteiger partial charge in [0.05, 0.1) is 30.4 Å². The first-order valence-corrected chi connectivity index (χ1v) is 11.2. The lowest BCUT2D eigenvalue weighted by molar-refractivity contribution is -0.141. The summed E-state index contributed by atoms with van der Waals surface area (Å²) in [6.45, 7) is -1.01. The zero-order valence-corrected chi connectivity index (χ0v) is 18.9. The summed E-state index contributed by atoms with van der Waals surface area (Å²) in [4.78, 5) is 22.6. The summed E-state index contributed by atoms with van der Waals surface area (Å²) >= 11 is 0. The Morgan fingerprint density at radius 2 is 2.00 bits per heavy atom. The van der Waals surface area contributed by atoms with Gasteiger partial charge in [-0.25, -0.2) is 19.4 Å². The van der Waals surface area contributed by atoms with E-state index < -0.39 is 31.0 Å². The minimum atomic E-state index is -4.50. The Balaban J connectivity index is 1.50. The molecular formula is C22H23F3N6O5. The molecule has 2 fully saturated rings. The number of hydrogen-bond donors (Lipinski definition) is 3. The molecule has 2 unspecified atom stereocenters. The van der Waals surface area contributed by atoms with Gasteiger partial charge in [0.1, 0.15) is 25.1 Å². The van der Waals surface area contributed by atoms with E-state index in [0.29, 0.717) is 42.0 Å². The van der Waals surface area contributed by atoms with E-state index in [2.05, 4.69) is 20.4 Å². The third-order valence-electron chi connectivity index (χ3n) is 5.94. The first-order valence-electron chi connectivity index (χ1n) is 11.2. The molecule has 2 aromatic heterocycles. The summed E-state index contributed by atoms with van der Waals surface area (Å²) in [5, 5.41) is 25.7. The van der Waals surface area contributed by atoms with Crippen LogP contribution < -0.4 is 10.2 Å². The van der Waals surface area contributed by atoms with Gasteiger partial charge in [-0.15, -0.1) is 0 Å². The van der Waals surface area contributed by atoms with Crippen molar-refractivity contribution in [1.82, 2.24) is 19.7 Å². The van der Waals surface area contributed by atoms with Crippen LogP contribution in [0.25, 0.3) is 22.4 Å². The number of ether oxygens (including phenoxy) is 2. The largest absolute Gasteiger partial charge is 0.447 e. The Labute approximate surface area is 202 Å². The zero-order valence-electron chi connectivity index (χ0n) is 18.9. The van der Waals surface area contributed by atoms with Crippen LogP contribution in [0.15, 0.2) is 30.5 Å². The molecule has 0 radical (unpaired) electrons. The number of hydrogen-bond acceptors (Lipinski definition) is 9. The van der Waals surface area contributed by atoms with E-state index in [9.17, 15) is 23.1 Å². The maximum atomic E-state index is 13.2. The second kappa shape index (κ2) is 9.52. The smallest absolute Gasteiger partial charge is 0.411 e. The van der Waals surface area contributed by atoms with E-state index in [-0.39, 0.29) is 30.8 Å². The number of aliphatic hydroxyl groups is 2. The van der Waals surface area contributed by atoms with Crippen LogP contribution >= 0.6 is 0 Å². The van der Waals surface area contributed by atoms with Crippen LogP contribution in [-0.2, 0) is 16.0 Å². The summed E-state index contributed by atoms with van der Waals surface area (Å²) in [5.41, 5.74) is 0.939. The summed E-state index contributed by atoms with van der Waals surface area (Å²) in [6, 6.07) is 6.37. The molecule has 2 saturated heterocycles. The number of halogens is 3. The molecule has 11 nitrogen and oxygen atoms in total. The van der Waals surface area contributed by atoms with E-state index in [0.717, 1.165) is 4.68 Å². The lowest BCUT2D eigenvalue weighted by Gasteiger charge is -2.33. The van der Waals surface area contributed by atoms with Crippen LogP contribution in [0.5, 0.6) is 0 Å². The van der Waals surface area contributed by atoms with Gasteiger partial charge >= 0.3 is 12.3 Å². The average molecular weight is 508 g/mol. The van der Waals surface area contributed by atoms with Gasteiger partial charge in [-0.05, 0) is 24.3 Å². The van der Waals surface area contributed by atoms with Crippen molar-refractivity contribution in [3.8, 4) is 11.4 Å². The van der Waals surface area contributed by atoms with E-state index in [1.54, 1.807) is 24.3 Å². The fraction of sp³-hybridized carbons (Fsp3) is 0.455. The van der Waals surface area contributed by atoms with Crippen molar-refractivity contribution >= 4 is 28.6 Å². The Bertz CT molecular complexity index is 1250. The predicted molar refractivity (Wildman–Crippen MR) is 120 cm³/mol. The normalized spacial score (nSPS) is 21.7. The highest BCUT2D eigenvalue weighted by Gasteiger charge is 2.41. The number of aromatic nitrogens is 4. The second-order valence-electron chi connectivity index (χ2n) is 8.59. The highest BCUT2D eigenvalue weighted by molar-refractivity contribution is 5.89. The quantitative estimate of drug-likeness (QED) is 0.457. The molecule has 3 atom stereocenters. The molecule has 5 rings (SSSR count). The summed E-state index contributed by atoms with van der Waals surface area (Å²) in [7, 11) is 0. The molecule has 2 bridgehead atoms. The van der Waals surface area contributed by atoms with Crippen molar-refractivity contribution in [3.05, 3.63) is 30.5 Å². The molecule has 36 heavy (non-hydrogen) atoms. The monoisotopic (exact) mass is 508 g/mol. The van der Waals surface area contributed by atoms with Crippen molar-refractivity contribution < 1.29 is 37.7 Å². The number of nitrogens with zero attached hydrogens (tertiary/aromatic N) is 5. The van der Waals surface area contributed by atoms with E-state index >= 15 is 0 Å². The molecule has 2 aliphatic rings. The molecule has 14 heteroatoms. The van der Waals surface area contributed by atoms with Gasteiger partial charge in [-0.2, -0.15) is 18.3 Å². The van der Waals surface area contributed by atoms with Gasteiger partial charge in [0.25, 0.3) is 0 Å². The predicted octanol–water partition coefficient (Wildman–Crippen LogP) is 1.93. The van der Waals surface area contributed by atoms with Crippen molar-refractivity contribution in [2.24, 2.45) is 0 Å². The molecule has 1 amide bonds. The third kappa shape index (κ3) is 5.05. The molecule has 1 aromatic carbocycles. The standard InChI is InChI=1S/C22H23F3N6O5/c23-22(24,25)11-31-20-15(8-26-31)19(30-9-14-7-16(33)17(10-30)36-14)28-18(29-20)12-1-3-13(4-2-12)27-21(34)35-6-5-32/h1-4,8,14,16-17,32-33H,5-7,9-11H2,(H,27,34)/t14?,16-,17?/m1/s1. The molecule has 4 heterocycles. The fourth-order valence-corrected chi connectivity index (χ4v) is 4.40. The number of nitrogens with one attached hydrogen (secondary N) is 1. The number of alkyl halides is 3. The topological polar surface area (TPSA) is 135 Å². The van der Waals surface area contributed by atoms with Crippen LogP contribution in [0.2, 0.25) is 0 Å². The lowest BCUT2D eigenvalue weighted by Crippen LogP contribution is -2.44. The lowest BCUT2D eigenvalue weighted by atomic mass is 10.2. The molecular weight excluding hydrogens is 485 g/mol. The maximum absolute atomic E-state index is 13.2. The van der Waals surface area contributed by atoms with Crippen LogP contribution in [0, 0.1) is 0 Å². The first kappa shape index (κ1) is 24.2. The van der Waals surface area contributed by atoms with Crippen LogP contribution in [0.1, 0.15) is 6.42 Å². The van der Waals surface area contributed by atoms with Crippen molar-refractivity contribution in [2.45, 2.75) is 37.5 Å². The van der Waals surface area contributed by atoms with Gasteiger partial charge < -0.3 is 24.6 Å². The number of benzene rings is 1. The summed E-state index contributed by atoms with van der Waals surface area (Å²) in [5.74, 6) is 0.584. The molecule has 3 N–H and O–H groups in total. The van der Waals surface area contributed by atoms with Gasteiger partial charge in [0, 0.05) is 30.8 Å². The van der Waals surface area contributed by atoms with Crippen molar-refractivity contribution in [1.29, 1.82) is 0 Å². The molecule has 0 spiro atoms. The minimum absolute atomic E-state index is 0.0292. The number of aliphatic hydroxyl groups excluding tert-OH is 2. The molecule has 0 saturated carbocycles. The number of anilines is 2. The Morgan fingerprint density at radius 1 is 1.22 bits per heavy atom. The molecule has 2 aliphatic heterocycles. The van der Waals surface area contributed by atoms with E-state index in [1.165, 1.54) is 6.20 Å². The molecule has 3 aromatic rings. The van der Waals surface area contributed by atoms with Gasteiger partial charge in [0.15, 0.2) is 11.5 Å². The van der Waals surface area contributed by atoms with Crippen molar-refractivity contribution in [2.75, 3.05) is 36.5 Å². The summed E-state index contributed by atoms with van der Waals surface area (Å²) in [6.07, 6.45) is -4.69.